The molecular formula is C21H29NO3. The van der Waals surface area contributed by atoms with Crippen LogP contribution in [0.15, 0.2) is 36.4 Å². The van der Waals surface area contributed by atoms with Crippen LogP contribution in [0, 0.1) is 13.8 Å². The number of aryl methyl sites for hydroxylation is 2. The Labute approximate surface area is 150 Å². The second-order valence-corrected chi connectivity index (χ2v) is 6.44. The van der Waals surface area contributed by atoms with Crippen molar-refractivity contribution in [1.82, 2.24) is 5.32 Å². The predicted octanol–water partition coefficient (Wildman–Crippen LogP) is 4.09. The summed E-state index contributed by atoms with van der Waals surface area (Å²) in [5, 5.41) is 12.5. The minimum atomic E-state index is -0.0175. The first-order valence-corrected chi connectivity index (χ1v) is 8.71. The molecule has 136 valence electrons. The van der Waals surface area contributed by atoms with Crippen LogP contribution >= 0.6 is 0 Å². The van der Waals surface area contributed by atoms with Gasteiger partial charge in [0.25, 0.3) is 0 Å². The molecule has 2 unspecified atom stereocenters. The lowest BCUT2D eigenvalue weighted by Crippen LogP contribution is -2.22. The number of rotatable bonds is 8. The molecule has 0 spiro atoms. The van der Waals surface area contributed by atoms with Crippen molar-refractivity contribution in [2.75, 3.05) is 20.3 Å². The van der Waals surface area contributed by atoms with Gasteiger partial charge in [-0.2, -0.15) is 0 Å². The van der Waals surface area contributed by atoms with Crippen molar-refractivity contribution in [2.45, 2.75) is 39.8 Å². The first-order valence-electron chi connectivity index (χ1n) is 8.71. The van der Waals surface area contributed by atoms with Gasteiger partial charge in [0.1, 0.15) is 6.61 Å². The largest absolute Gasteiger partial charge is 0.493 e. The average molecular weight is 343 g/mol. The number of benzene rings is 2. The molecule has 2 rings (SSSR count). The highest BCUT2D eigenvalue weighted by Gasteiger charge is 2.14. The van der Waals surface area contributed by atoms with Crippen molar-refractivity contribution in [3.63, 3.8) is 0 Å². The van der Waals surface area contributed by atoms with Crippen LogP contribution in [-0.4, -0.2) is 25.4 Å². The second-order valence-electron chi connectivity index (χ2n) is 6.44. The molecule has 0 aromatic heterocycles. The van der Waals surface area contributed by atoms with Crippen LogP contribution in [0.3, 0.4) is 0 Å². The third-order valence-corrected chi connectivity index (χ3v) is 4.57. The Bertz CT molecular complexity index is 700. The highest BCUT2D eigenvalue weighted by molar-refractivity contribution is 5.44. The maximum atomic E-state index is 8.90. The van der Waals surface area contributed by atoms with E-state index < -0.39 is 0 Å². The number of hydrogen-bond acceptors (Lipinski definition) is 4. The summed E-state index contributed by atoms with van der Waals surface area (Å²) < 4.78 is 10.9. The molecule has 0 saturated carbocycles. The molecule has 0 heterocycles. The Kier molecular flexibility index (Phi) is 6.85. The average Bonchev–Trinajstić information content (AvgIpc) is 2.61. The number of aliphatic hydroxyl groups is 1. The lowest BCUT2D eigenvalue weighted by atomic mass is 10.0. The van der Waals surface area contributed by atoms with Crippen molar-refractivity contribution >= 4 is 0 Å². The predicted molar refractivity (Wildman–Crippen MR) is 101 cm³/mol. The zero-order valence-electron chi connectivity index (χ0n) is 15.8. The summed E-state index contributed by atoms with van der Waals surface area (Å²) in [7, 11) is 1.63. The minimum absolute atomic E-state index is 0.0175. The van der Waals surface area contributed by atoms with E-state index in [-0.39, 0.29) is 25.3 Å². The van der Waals surface area contributed by atoms with Crippen LogP contribution in [-0.2, 0) is 0 Å². The fourth-order valence-corrected chi connectivity index (χ4v) is 2.83. The van der Waals surface area contributed by atoms with Gasteiger partial charge in [0.15, 0.2) is 11.5 Å². The van der Waals surface area contributed by atoms with E-state index in [1.165, 1.54) is 16.7 Å². The highest BCUT2D eigenvalue weighted by atomic mass is 16.5. The molecule has 0 amide bonds. The van der Waals surface area contributed by atoms with Crippen molar-refractivity contribution in [1.29, 1.82) is 0 Å². The van der Waals surface area contributed by atoms with Gasteiger partial charge < -0.3 is 19.9 Å². The van der Waals surface area contributed by atoms with Gasteiger partial charge in [-0.1, -0.05) is 24.3 Å². The van der Waals surface area contributed by atoms with E-state index in [0.29, 0.717) is 11.5 Å². The molecule has 2 aromatic carbocycles. The minimum Gasteiger partial charge on any atom is -0.493 e. The first-order chi connectivity index (χ1) is 12.0. The normalized spacial score (nSPS) is 13.4. The molecule has 0 aliphatic heterocycles. The lowest BCUT2D eigenvalue weighted by Gasteiger charge is -2.22. The van der Waals surface area contributed by atoms with Gasteiger partial charge >= 0.3 is 0 Å². The summed E-state index contributed by atoms with van der Waals surface area (Å²) in [6, 6.07) is 12.9. The quantitative estimate of drug-likeness (QED) is 0.758. The van der Waals surface area contributed by atoms with E-state index in [9.17, 15) is 0 Å². The third kappa shape index (κ3) is 4.97. The second kappa shape index (κ2) is 8.88. The van der Waals surface area contributed by atoms with Crippen LogP contribution in [0.25, 0.3) is 0 Å². The zero-order chi connectivity index (χ0) is 18.4. The Balaban J connectivity index is 2.11. The fraction of sp³-hybridized carbons (Fsp3) is 0.429. The summed E-state index contributed by atoms with van der Waals surface area (Å²) >= 11 is 0. The number of hydrogen-bond donors (Lipinski definition) is 2. The van der Waals surface area contributed by atoms with E-state index >= 15 is 0 Å². The third-order valence-electron chi connectivity index (χ3n) is 4.57. The fourth-order valence-electron chi connectivity index (χ4n) is 2.83. The Morgan fingerprint density at radius 2 is 1.56 bits per heavy atom. The van der Waals surface area contributed by atoms with Crippen molar-refractivity contribution < 1.29 is 14.6 Å². The maximum absolute atomic E-state index is 8.90. The summed E-state index contributed by atoms with van der Waals surface area (Å²) in [5.74, 6) is 1.33. The number of methoxy groups -OCH3 is 1. The summed E-state index contributed by atoms with van der Waals surface area (Å²) in [5.41, 5.74) is 5.03. The molecule has 4 heteroatoms. The van der Waals surface area contributed by atoms with E-state index in [4.69, 9.17) is 14.6 Å². The molecule has 0 aliphatic carbocycles. The summed E-state index contributed by atoms with van der Waals surface area (Å²) in [6.07, 6.45) is 0. The van der Waals surface area contributed by atoms with Crippen molar-refractivity contribution in [3.8, 4) is 11.5 Å². The van der Waals surface area contributed by atoms with E-state index in [1.54, 1.807) is 7.11 Å². The van der Waals surface area contributed by atoms with Crippen LogP contribution in [0.1, 0.15) is 48.2 Å². The standard InChI is InChI=1S/C21H29NO3/c1-14-6-7-18(12-15(14)2)16(3)22-17(4)19-8-9-20(25-11-10-23)21(13-19)24-5/h6-9,12-13,16-17,22-23H,10-11H2,1-5H3. The van der Waals surface area contributed by atoms with Crippen molar-refractivity contribution in [2.24, 2.45) is 0 Å². The summed E-state index contributed by atoms with van der Waals surface area (Å²) in [4.78, 5) is 0. The van der Waals surface area contributed by atoms with Crippen LogP contribution in [0.4, 0.5) is 0 Å². The highest BCUT2D eigenvalue weighted by Crippen LogP contribution is 2.31. The molecule has 2 atom stereocenters. The van der Waals surface area contributed by atoms with Crippen LogP contribution in [0.5, 0.6) is 11.5 Å². The van der Waals surface area contributed by atoms with Crippen molar-refractivity contribution in [3.05, 3.63) is 58.7 Å². The number of aliphatic hydroxyl groups excluding tert-OH is 1. The molecule has 0 radical (unpaired) electrons. The summed E-state index contributed by atoms with van der Waals surface area (Å²) in [6.45, 7) is 8.83. The van der Waals surface area contributed by atoms with Gasteiger partial charge in [0, 0.05) is 12.1 Å². The molecule has 0 saturated heterocycles. The smallest absolute Gasteiger partial charge is 0.161 e. The van der Waals surface area contributed by atoms with Crippen LogP contribution < -0.4 is 14.8 Å². The molecule has 0 aliphatic rings. The number of ether oxygens (including phenoxy) is 2. The van der Waals surface area contributed by atoms with E-state index in [0.717, 1.165) is 5.56 Å². The molecular weight excluding hydrogens is 314 g/mol. The maximum Gasteiger partial charge on any atom is 0.161 e. The molecule has 2 aromatic rings. The number of nitrogens with one attached hydrogen (secondary N) is 1. The van der Waals surface area contributed by atoms with Gasteiger partial charge in [-0.3, -0.25) is 0 Å². The molecule has 4 nitrogen and oxygen atoms in total. The van der Waals surface area contributed by atoms with Gasteiger partial charge in [-0.05, 0) is 62.1 Å². The Morgan fingerprint density at radius 1 is 0.920 bits per heavy atom. The Hall–Kier alpha value is -2.04. The molecule has 0 bridgehead atoms. The van der Waals surface area contributed by atoms with Gasteiger partial charge in [0.05, 0.1) is 13.7 Å². The first kappa shape index (κ1) is 19.3. The SMILES string of the molecule is COc1cc(C(C)NC(C)c2ccc(C)c(C)c2)ccc1OCCO. The molecule has 25 heavy (non-hydrogen) atoms. The van der Waals surface area contributed by atoms with Gasteiger partial charge in [-0.25, -0.2) is 0 Å². The molecule has 2 N–H and O–H groups in total. The topological polar surface area (TPSA) is 50.7 Å². The lowest BCUT2D eigenvalue weighted by molar-refractivity contribution is 0.196. The Morgan fingerprint density at radius 3 is 2.16 bits per heavy atom. The molecule has 0 fully saturated rings. The van der Waals surface area contributed by atoms with Gasteiger partial charge in [0.2, 0.25) is 0 Å². The van der Waals surface area contributed by atoms with Gasteiger partial charge in [-0.15, -0.1) is 0 Å². The van der Waals surface area contributed by atoms with E-state index in [2.05, 4.69) is 51.2 Å². The monoisotopic (exact) mass is 343 g/mol. The zero-order valence-corrected chi connectivity index (χ0v) is 15.8. The van der Waals surface area contributed by atoms with E-state index in [1.807, 2.05) is 18.2 Å². The van der Waals surface area contributed by atoms with Crippen LogP contribution in [0.2, 0.25) is 0 Å².